The summed E-state index contributed by atoms with van der Waals surface area (Å²) in [5, 5.41) is 5.02. The highest BCUT2D eigenvalue weighted by Crippen LogP contribution is 2.32. The Hall–Kier alpha value is -2.17. The number of hydrogen-bond donors (Lipinski definition) is 0. The largest absolute Gasteiger partial charge is 0.232 e. The first-order chi connectivity index (χ1) is 13.4. The van der Waals surface area contributed by atoms with Crippen LogP contribution in [0.3, 0.4) is 0 Å². The van der Waals surface area contributed by atoms with Crippen LogP contribution >= 0.6 is 31.9 Å². The van der Waals surface area contributed by atoms with Crippen LogP contribution in [0.25, 0.3) is 28.2 Å². The average Bonchev–Trinajstić information content (AvgIpc) is 3.07. The molecule has 1 aromatic heterocycles. The number of benzene rings is 3. The van der Waals surface area contributed by atoms with Crippen LogP contribution in [0.2, 0.25) is 0 Å². The summed E-state index contributed by atoms with van der Waals surface area (Å²) in [6, 6.07) is 23.3. The lowest BCUT2D eigenvalue weighted by Gasteiger charge is -2.14. The van der Waals surface area contributed by atoms with Crippen LogP contribution in [0, 0.1) is 20.8 Å². The number of hydrogen-bond acceptors (Lipinski definition) is 1. The van der Waals surface area contributed by atoms with Gasteiger partial charge >= 0.3 is 0 Å². The van der Waals surface area contributed by atoms with E-state index in [4.69, 9.17) is 5.10 Å². The van der Waals surface area contributed by atoms with E-state index in [9.17, 15) is 0 Å². The molecule has 0 spiro atoms. The van der Waals surface area contributed by atoms with Crippen molar-refractivity contribution in [1.29, 1.82) is 0 Å². The Bertz CT molecular complexity index is 1120. The van der Waals surface area contributed by atoms with Crippen molar-refractivity contribution in [1.82, 2.24) is 9.78 Å². The van der Waals surface area contributed by atoms with E-state index in [-0.39, 0.29) is 0 Å². The van der Waals surface area contributed by atoms with Gasteiger partial charge in [0.2, 0.25) is 0 Å². The molecule has 0 aliphatic rings. The van der Waals surface area contributed by atoms with Gasteiger partial charge in [-0.25, -0.2) is 4.68 Å². The Morgan fingerprint density at radius 1 is 0.679 bits per heavy atom. The quantitative estimate of drug-likeness (QED) is 0.285. The number of aryl methyl sites for hydroxylation is 3. The molecule has 0 atom stereocenters. The Labute approximate surface area is 182 Å². The summed E-state index contributed by atoms with van der Waals surface area (Å²) in [4.78, 5) is 0. The Morgan fingerprint density at radius 3 is 1.71 bits per heavy atom. The summed E-state index contributed by atoms with van der Waals surface area (Å²) in [6.07, 6.45) is 0. The maximum atomic E-state index is 5.02. The van der Waals surface area contributed by atoms with Gasteiger partial charge in [-0.3, -0.25) is 0 Å². The Kier molecular flexibility index (Phi) is 5.26. The van der Waals surface area contributed by atoms with E-state index in [2.05, 4.69) is 124 Å². The van der Waals surface area contributed by atoms with Crippen molar-refractivity contribution in [3.05, 3.63) is 92.4 Å². The molecule has 0 aliphatic carbocycles. The number of nitrogens with zero attached hydrogens (tertiary/aromatic N) is 2. The highest BCUT2D eigenvalue weighted by Gasteiger charge is 2.16. The molecule has 4 rings (SSSR count). The van der Waals surface area contributed by atoms with Crippen LogP contribution in [0.1, 0.15) is 16.7 Å². The standard InChI is InChI=1S/C24H20Br2N2/c1-15-12-16(2)24(17(3)13-15)28-23(19-6-10-21(26)11-7-19)14-22(27-28)18-4-8-20(25)9-5-18/h4-14H,1-3H3. The molecule has 4 aromatic rings. The molecule has 0 aliphatic heterocycles. The average molecular weight is 496 g/mol. The van der Waals surface area contributed by atoms with Gasteiger partial charge in [0.05, 0.1) is 17.1 Å². The van der Waals surface area contributed by atoms with Gasteiger partial charge in [0.25, 0.3) is 0 Å². The molecule has 1 heterocycles. The molecule has 0 N–H and O–H groups in total. The van der Waals surface area contributed by atoms with Crippen molar-refractivity contribution in [3.63, 3.8) is 0 Å². The zero-order chi connectivity index (χ0) is 19.8. The molecule has 28 heavy (non-hydrogen) atoms. The van der Waals surface area contributed by atoms with Gasteiger partial charge in [-0.1, -0.05) is 73.8 Å². The van der Waals surface area contributed by atoms with E-state index < -0.39 is 0 Å². The summed E-state index contributed by atoms with van der Waals surface area (Å²) in [6.45, 7) is 6.44. The fourth-order valence-corrected chi connectivity index (χ4v) is 4.17. The van der Waals surface area contributed by atoms with Crippen LogP contribution in [0.15, 0.2) is 75.7 Å². The van der Waals surface area contributed by atoms with E-state index in [1.807, 2.05) is 0 Å². The third-order valence-corrected chi connectivity index (χ3v) is 5.89. The van der Waals surface area contributed by atoms with Crippen LogP contribution in [0.4, 0.5) is 0 Å². The lowest BCUT2D eigenvalue weighted by molar-refractivity contribution is 0.874. The Morgan fingerprint density at radius 2 is 1.18 bits per heavy atom. The van der Waals surface area contributed by atoms with E-state index in [0.717, 1.165) is 37.1 Å². The first kappa shape index (κ1) is 19.2. The molecule has 0 bridgehead atoms. The summed E-state index contributed by atoms with van der Waals surface area (Å²) in [5.41, 5.74) is 9.14. The molecule has 140 valence electrons. The second-order valence-electron chi connectivity index (χ2n) is 7.09. The monoisotopic (exact) mass is 494 g/mol. The molecule has 4 heteroatoms. The number of rotatable bonds is 3. The molecule has 0 saturated carbocycles. The van der Waals surface area contributed by atoms with Gasteiger partial charge in [-0.05, 0) is 62.2 Å². The Balaban J connectivity index is 1.96. The van der Waals surface area contributed by atoms with Crippen molar-refractivity contribution < 1.29 is 0 Å². The summed E-state index contributed by atoms with van der Waals surface area (Å²) in [5.74, 6) is 0. The maximum absolute atomic E-state index is 5.02. The fourth-order valence-electron chi connectivity index (χ4n) is 3.65. The van der Waals surface area contributed by atoms with Crippen molar-refractivity contribution in [2.45, 2.75) is 20.8 Å². The maximum Gasteiger partial charge on any atom is 0.0934 e. The van der Waals surface area contributed by atoms with Crippen molar-refractivity contribution in [2.75, 3.05) is 0 Å². The lowest BCUT2D eigenvalue weighted by atomic mass is 10.0. The summed E-state index contributed by atoms with van der Waals surface area (Å²) < 4.78 is 4.22. The minimum Gasteiger partial charge on any atom is -0.232 e. The fraction of sp³-hybridized carbons (Fsp3) is 0.125. The number of halogens is 2. The van der Waals surface area contributed by atoms with Gasteiger partial charge < -0.3 is 0 Å². The van der Waals surface area contributed by atoms with Crippen LogP contribution in [-0.2, 0) is 0 Å². The molecule has 0 unspecified atom stereocenters. The molecular formula is C24H20Br2N2. The van der Waals surface area contributed by atoms with Crippen LogP contribution in [-0.4, -0.2) is 9.78 Å². The highest BCUT2D eigenvalue weighted by molar-refractivity contribution is 9.10. The molecular weight excluding hydrogens is 476 g/mol. The summed E-state index contributed by atoms with van der Waals surface area (Å²) in [7, 11) is 0. The zero-order valence-corrected chi connectivity index (χ0v) is 19.2. The molecule has 2 nitrogen and oxygen atoms in total. The molecule has 0 fully saturated rings. The molecule has 3 aromatic carbocycles. The first-order valence-electron chi connectivity index (χ1n) is 9.12. The van der Waals surface area contributed by atoms with Crippen molar-refractivity contribution >= 4 is 31.9 Å². The minimum absolute atomic E-state index is 0.963. The predicted octanol–water partition coefficient (Wildman–Crippen LogP) is 7.66. The third-order valence-electron chi connectivity index (χ3n) is 4.84. The SMILES string of the molecule is Cc1cc(C)c(-n2nc(-c3ccc(Br)cc3)cc2-c2ccc(Br)cc2)c(C)c1. The van der Waals surface area contributed by atoms with Gasteiger partial charge in [-0.15, -0.1) is 0 Å². The second-order valence-corrected chi connectivity index (χ2v) is 8.92. The van der Waals surface area contributed by atoms with Crippen molar-refractivity contribution in [2.24, 2.45) is 0 Å². The van der Waals surface area contributed by atoms with Gasteiger partial charge in [0.1, 0.15) is 0 Å². The third kappa shape index (κ3) is 3.71. The summed E-state index contributed by atoms with van der Waals surface area (Å²) >= 11 is 7.05. The predicted molar refractivity (Wildman–Crippen MR) is 124 cm³/mol. The normalized spacial score (nSPS) is 11.0. The highest BCUT2D eigenvalue weighted by atomic mass is 79.9. The van der Waals surface area contributed by atoms with E-state index >= 15 is 0 Å². The number of aromatic nitrogens is 2. The topological polar surface area (TPSA) is 17.8 Å². The zero-order valence-electron chi connectivity index (χ0n) is 16.0. The smallest absolute Gasteiger partial charge is 0.0934 e. The second kappa shape index (κ2) is 7.69. The van der Waals surface area contributed by atoms with E-state index in [1.54, 1.807) is 0 Å². The van der Waals surface area contributed by atoms with Gasteiger partial charge in [0.15, 0.2) is 0 Å². The lowest BCUT2D eigenvalue weighted by Crippen LogP contribution is -2.04. The van der Waals surface area contributed by atoms with Crippen molar-refractivity contribution in [3.8, 4) is 28.2 Å². The van der Waals surface area contributed by atoms with Crippen LogP contribution < -0.4 is 0 Å². The minimum atomic E-state index is 0.963. The van der Waals surface area contributed by atoms with E-state index in [1.165, 1.54) is 16.7 Å². The molecule has 0 amide bonds. The van der Waals surface area contributed by atoms with Gasteiger partial charge in [-0.2, -0.15) is 5.10 Å². The first-order valence-corrected chi connectivity index (χ1v) is 10.7. The van der Waals surface area contributed by atoms with E-state index in [0.29, 0.717) is 0 Å². The molecule has 0 radical (unpaired) electrons. The molecule has 0 saturated heterocycles. The van der Waals surface area contributed by atoms with Crippen LogP contribution in [0.5, 0.6) is 0 Å². The van der Waals surface area contributed by atoms with Gasteiger partial charge in [0, 0.05) is 20.1 Å².